The lowest BCUT2D eigenvalue weighted by atomic mass is 10.0. The second kappa shape index (κ2) is 6.93. The van der Waals surface area contributed by atoms with Crippen LogP contribution in [-0.2, 0) is 17.3 Å². The van der Waals surface area contributed by atoms with E-state index in [4.69, 9.17) is 0 Å². The van der Waals surface area contributed by atoms with Crippen LogP contribution in [0.5, 0.6) is 0 Å². The number of fused-ring (bicyclic) bond motifs is 2. The minimum atomic E-state index is -3.33. The van der Waals surface area contributed by atoms with Crippen LogP contribution in [0.3, 0.4) is 0 Å². The first-order chi connectivity index (χ1) is 13.5. The molecule has 28 heavy (non-hydrogen) atoms. The third-order valence-corrected chi connectivity index (χ3v) is 8.42. The van der Waals surface area contributed by atoms with E-state index in [1.807, 2.05) is 11.6 Å². The molecule has 2 atom stereocenters. The molecule has 0 spiro atoms. The molecule has 5 heterocycles. The smallest absolute Gasteiger partial charge is 0.281 e. The molecule has 2 aromatic rings. The minimum Gasteiger partial charge on any atom is -0.354 e. The van der Waals surface area contributed by atoms with Crippen LogP contribution in [0.2, 0.25) is 0 Å². The Kier molecular flexibility index (Phi) is 4.52. The second-order valence-corrected chi connectivity index (χ2v) is 10.2. The number of nitrogens with zero attached hydrogens (tertiary/aromatic N) is 7. The van der Waals surface area contributed by atoms with E-state index in [-0.39, 0.29) is 0 Å². The molecule has 3 aliphatic rings. The molecule has 0 aliphatic carbocycles. The topological polar surface area (TPSA) is 87.5 Å². The number of aryl methyl sites for hydroxylation is 1. The zero-order valence-corrected chi connectivity index (χ0v) is 17.1. The fourth-order valence-electron chi connectivity index (χ4n) is 4.91. The van der Waals surface area contributed by atoms with Gasteiger partial charge in [-0.1, -0.05) is 12.8 Å². The number of hydrogen-bond donors (Lipinski definition) is 0. The lowest BCUT2D eigenvalue weighted by Gasteiger charge is -2.27. The van der Waals surface area contributed by atoms with Gasteiger partial charge < -0.3 is 9.47 Å². The Labute approximate surface area is 165 Å². The summed E-state index contributed by atoms with van der Waals surface area (Å²) in [7, 11) is -1.41. The summed E-state index contributed by atoms with van der Waals surface area (Å²) in [5, 5.41) is 0. The molecule has 10 heteroatoms. The van der Waals surface area contributed by atoms with Gasteiger partial charge in [0.05, 0.1) is 6.33 Å². The highest BCUT2D eigenvalue weighted by molar-refractivity contribution is 7.86. The van der Waals surface area contributed by atoms with E-state index in [0.29, 0.717) is 38.0 Å². The lowest BCUT2D eigenvalue weighted by molar-refractivity contribution is 0.359. The van der Waals surface area contributed by atoms with Gasteiger partial charge in [-0.05, 0) is 24.7 Å². The van der Waals surface area contributed by atoms with Gasteiger partial charge in [0.15, 0.2) is 17.0 Å². The van der Waals surface area contributed by atoms with Crippen molar-refractivity contribution in [1.29, 1.82) is 0 Å². The van der Waals surface area contributed by atoms with E-state index in [1.54, 1.807) is 21.3 Å². The van der Waals surface area contributed by atoms with Crippen molar-refractivity contribution < 1.29 is 8.42 Å². The Hall–Kier alpha value is -1.78. The van der Waals surface area contributed by atoms with E-state index < -0.39 is 10.2 Å². The van der Waals surface area contributed by atoms with Gasteiger partial charge in [0.1, 0.15) is 6.33 Å². The Morgan fingerprint density at radius 1 is 0.893 bits per heavy atom. The molecule has 5 rings (SSSR count). The first kappa shape index (κ1) is 18.3. The molecule has 2 unspecified atom stereocenters. The third kappa shape index (κ3) is 2.98. The Morgan fingerprint density at radius 2 is 1.57 bits per heavy atom. The van der Waals surface area contributed by atoms with Gasteiger partial charge in [0.25, 0.3) is 10.2 Å². The maximum absolute atomic E-state index is 13.1. The molecule has 9 nitrogen and oxygen atoms in total. The molecular weight excluding hydrogens is 378 g/mol. The SMILES string of the molecule is Cn1cnc2c(N3CC4CN(S(=O)(=O)N5CCCCCC5)CC4C3)ncnc21. The van der Waals surface area contributed by atoms with Crippen LogP contribution in [-0.4, -0.2) is 75.8 Å². The van der Waals surface area contributed by atoms with Crippen molar-refractivity contribution in [2.24, 2.45) is 18.9 Å². The van der Waals surface area contributed by atoms with Crippen LogP contribution >= 0.6 is 0 Å². The highest BCUT2D eigenvalue weighted by Crippen LogP contribution is 2.36. The summed E-state index contributed by atoms with van der Waals surface area (Å²) in [6, 6.07) is 0. The molecular formula is C18H27N7O2S. The van der Waals surface area contributed by atoms with Crippen molar-refractivity contribution >= 4 is 27.2 Å². The van der Waals surface area contributed by atoms with Gasteiger partial charge in [0.2, 0.25) is 0 Å². The molecule has 0 bridgehead atoms. The maximum atomic E-state index is 13.1. The predicted molar refractivity (Wildman–Crippen MR) is 106 cm³/mol. The normalized spacial score (nSPS) is 27.4. The molecule has 0 saturated carbocycles. The Morgan fingerprint density at radius 3 is 2.25 bits per heavy atom. The molecule has 0 N–H and O–H groups in total. The summed E-state index contributed by atoms with van der Waals surface area (Å²) < 4.78 is 31.5. The number of rotatable bonds is 3. The summed E-state index contributed by atoms with van der Waals surface area (Å²) in [6.45, 7) is 4.18. The molecule has 2 aromatic heterocycles. The van der Waals surface area contributed by atoms with Crippen LogP contribution in [0.15, 0.2) is 12.7 Å². The van der Waals surface area contributed by atoms with E-state index >= 15 is 0 Å². The lowest BCUT2D eigenvalue weighted by Crippen LogP contribution is -2.44. The first-order valence-corrected chi connectivity index (χ1v) is 11.6. The van der Waals surface area contributed by atoms with Gasteiger partial charge in [-0.25, -0.2) is 15.0 Å². The molecule has 0 radical (unpaired) electrons. The van der Waals surface area contributed by atoms with Crippen molar-refractivity contribution in [2.45, 2.75) is 25.7 Å². The summed E-state index contributed by atoms with van der Waals surface area (Å²) in [6.07, 6.45) is 7.56. The van der Waals surface area contributed by atoms with Gasteiger partial charge in [0, 0.05) is 46.3 Å². The van der Waals surface area contributed by atoms with E-state index in [2.05, 4.69) is 19.9 Å². The van der Waals surface area contributed by atoms with E-state index in [0.717, 1.165) is 55.8 Å². The second-order valence-electron chi connectivity index (χ2n) is 8.29. The van der Waals surface area contributed by atoms with Gasteiger partial charge in [-0.2, -0.15) is 17.0 Å². The fourth-order valence-corrected chi connectivity index (χ4v) is 6.72. The zero-order valence-electron chi connectivity index (χ0n) is 16.2. The van der Waals surface area contributed by atoms with Crippen LogP contribution in [0, 0.1) is 11.8 Å². The van der Waals surface area contributed by atoms with E-state index in [9.17, 15) is 8.42 Å². The van der Waals surface area contributed by atoms with Crippen LogP contribution < -0.4 is 4.90 Å². The van der Waals surface area contributed by atoms with Crippen molar-refractivity contribution in [3.8, 4) is 0 Å². The Bertz CT molecular complexity index is 953. The first-order valence-electron chi connectivity index (χ1n) is 10.2. The van der Waals surface area contributed by atoms with Crippen LogP contribution in [0.25, 0.3) is 11.2 Å². The summed E-state index contributed by atoms with van der Waals surface area (Å²) >= 11 is 0. The summed E-state index contributed by atoms with van der Waals surface area (Å²) in [4.78, 5) is 15.5. The van der Waals surface area contributed by atoms with Gasteiger partial charge in [-0.3, -0.25) is 0 Å². The standard InChI is InChI=1S/C18H27N7O2S/c1-22-13-21-16-17(22)19-12-20-18(16)23-8-14-10-25(11-15(14)9-23)28(26,27)24-6-4-2-3-5-7-24/h12-15H,2-11H2,1H3. The van der Waals surface area contributed by atoms with Crippen LogP contribution in [0.1, 0.15) is 25.7 Å². The average molecular weight is 406 g/mol. The van der Waals surface area contributed by atoms with E-state index in [1.165, 1.54) is 0 Å². The molecule has 3 fully saturated rings. The van der Waals surface area contributed by atoms with Crippen LogP contribution in [0.4, 0.5) is 5.82 Å². The van der Waals surface area contributed by atoms with Crippen molar-refractivity contribution in [3.05, 3.63) is 12.7 Å². The third-order valence-electron chi connectivity index (χ3n) is 6.45. The Balaban J connectivity index is 1.31. The van der Waals surface area contributed by atoms with Gasteiger partial charge >= 0.3 is 0 Å². The quantitative estimate of drug-likeness (QED) is 0.752. The number of aromatic nitrogens is 4. The molecule has 152 valence electrons. The van der Waals surface area contributed by atoms with Crippen molar-refractivity contribution in [1.82, 2.24) is 28.1 Å². The number of hydrogen-bond acceptors (Lipinski definition) is 6. The largest absolute Gasteiger partial charge is 0.354 e. The highest BCUT2D eigenvalue weighted by Gasteiger charge is 2.46. The molecule has 3 aliphatic heterocycles. The number of anilines is 1. The number of imidazole rings is 1. The maximum Gasteiger partial charge on any atom is 0.281 e. The summed E-state index contributed by atoms with van der Waals surface area (Å²) in [5.74, 6) is 1.55. The predicted octanol–water partition coefficient (Wildman–Crippen LogP) is 0.852. The van der Waals surface area contributed by atoms with Crippen molar-refractivity contribution in [2.75, 3.05) is 44.2 Å². The monoisotopic (exact) mass is 405 g/mol. The van der Waals surface area contributed by atoms with Crippen molar-refractivity contribution in [3.63, 3.8) is 0 Å². The zero-order chi connectivity index (χ0) is 19.3. The molecule has 0 aromatic carbocycles. The molecule has 3 saturated heterocycles. The summed E-state index contributed by atoms with van der Waals surface area (Å²) in [5.41, 5.74) is 1.64. The van der Waals surface area contributed by atoms with Gasteiger partial charge in [-0.15, -0.1) is 0 Å². The minimum absolute atomic E-state index is 0.343. The fraction of sp³-hybridized carbons (Fsp3) is 0.722. The average Bonchev–Trinajstić information content (AvgIpc) is 3.28. The highest BCUT2D eigenvalue weighted by atomic mass is 32.2. The molecule has 0 amide bonds.